The highest BCUT2D eigenvalue weighted by Gasteiger charge is 2.18. The van der Waals surface area contributed by atoms with E-state index in [9.17, 15) is 0 Å². The van der Waals surface area contributed by atoms with Gasteiger partial charge in [0.05, 0.1) is 0 Å². The molecule has 1 aromatic carbocycles. The number of hydrogen-bond donors (Lipinski definition) is 1. The van der Waals surface area contributed by atoms with Crippen LogP contribution in [0.1, 0.15) is 52.0 Å². The topological polar surface area (TPSA) is 15.3 Å². The molecule has 1 unspecified atom stereocenters. The van der Waals surface area contributed by atoms with Gasteiger partial charge in [-0.25, -0.2) is 0 Å². The molecule has 0 aliphatic carbocycles. The van der Waals surface area contributed by atoms with E-state index < -0.39 is 0 Å². The van der Waals surface area contributed by atoms with Gasteiger partial charge in [-0.05, 0) is 48.9 Å². The Kier molecular flexibility index (Phi) is 5.47. The molecule has 0 spiro atoms. The fourth-order valence-electron chi connectivity index (χ4n) is 3.03. The molecular formula is C18H30N2. The van der Waals surface area contributed by atoms with Crippen molar-refractivity contribution >= 4 is 5.69 Å². The molecule has 0 aromatic heterocycles. The Morgan fingerprint density at radius 3 is 2.45 bits per heavy atom. The number of hydrogen-bond acceptors (Lipinski definition) is 2. The molecule has 1 aliphatic heterocycles. The monoisotopic (exact) mass is 274 g/mol. The lowest BCUT2D eigenvalue weighted by Gasteiger charge is -2.27. The first-order valence-electron chi connectivity index (χ1n) is 8.14. The number of rotatable bonds is 4. The number of anilines is 1. The zero-order valence-corrected chi connectivity index (χ0v) is 13.5. The zero-order valence-electron chi connectivity index (χ0n) is 13.5. The van der Waals surface area contributed by atoms with Crippen LogP contribution in [0.5, 0.6) is 0 Å². The molecule has 0 bridgehead atoms. The molecule has 1 saturated heterocycles. The van der Waals surface area contributed by atoms with Gasteiger partial charge in [-0.2, -0.15) is 0 Å². The molecule has 1 N–H and O–H groups in total. The maximum atomic E-state index is 3.70. The van der Waals surface area contributed by atoms with Crippen molar-refractivity contribution in [2.75, 3.05) is 24.5 Å². The number of benzene rings is 1. The van der Waals surface area contributed by atoms with Crippen molar-refractivity contribution in [2.24, 2.45) is 5.92 Å². The summed E-state index contributed by atoms with van der Waals surface area (Å²) in [5.74, 6) is 1.37. The Balaban J connectivity index is 2.05. The summed E-state index contributed by atoms with van der Waals surface area (Å²) in [6.45, 7) is 12.6. The molecule has 1 heterocycles. The highest BCUT2D eigenvalue weighted by molar-refractivity contribution is 5.48. The van der Waals surface area contributed by atoms with Gasteiger partial charge in [0.2, 0.25) is 0 Å². The van der Waals surface area contributed by atoms with E-state index in [1.54, 1.807) is 0 Å². The molecule has 20 heavy (non-hydrogen) atoms. The van der Waals surface area contributed by atoms with Crippen molar-refractivity contribution in [1.82, 2.24) is 5.32 Å². The summed E-state index contributed by atoms with van der Waals surface area (Å²) in [5.41, 5.74) is 2.81. The molecule has 0 radical (unpaired) electrons. The van der Waals surface area contributed by atoms with Crippen LogP contribution in [0.3, 0.4) is 0 Å². The molecule has 112 valence electrons. The van der Waals surface area contributed by atoms with Gasteiger partial charge in [0.25, 0.3) is 0 Å². The van der Waals surface area contributed by atoms with Gasteiger partial charge in [0, 0.05) is 24.8 Å². The summed E-state index contributed by atoms with van der Waals surface area (Å²) in [6.07, 6.45) is 2.50. The van der Waals surface area contributed by atoms with Crippen molar-refractivity contribution in [3.8, 4) is 0 Å². The van der Waals surface area contributed by atoms with Gasteiger partial charge in [-0.1, -0.05) is 39.8 Å². The number of nitrogens with zero attached hydrogens (tertiary/aromatic N) is 1. The average Bonchev–Trinajstić information content (AvgIpc) is 2.63. The normalized spacial score (nSPS) is 20.5. The minimum Gasteiger partial charge on any atom is -0.370 e. The first-order chi connectivity index (χ1) is 9.56. The van der Waals surface area contributed by atoms with E-state index >= 15 is 0 Å². The summed E-state index contributed by atoms with van der Waals surface area (Å²) < 4.78 is 0. The summed E-state index contributed by atoms with van der Waals surface area (Å²) in [7, 11) is 0. The van der Waals surface area contributed by atoms with Crippen LogP contribution >= 0.6 is 0 Å². The fourth-order valence-corrected chi connectivity index (χ4v) is 3.03. The SMILES string of the molecule is CC(C)CC1CN(c2ccc(C(C)C)cc2)CCCN1. The van der Waals surface area contributed by atoms with E-state index in [-0.39, 0.29) is 0 Å². The molecule has 0 amide bonds. The highest BCUT2D eigenvalue weighted by Crippen LogP contribution is 2.22. The third-order valence-corrected chi connectivity index (χ3v) is 4.16. The van der Waals surface area contributed by atoms with E-state index in [0.717, 1.165) is 19.0 Å². The minimum atomic E-state index is 0.614. The van der Waals surface area contributed by atoms with Crippen molar-refractivity contribution < 1.29 is 0 Å². The molecule has 0 saturated carbocycles. The zero-order chi connectivity index (χ0) is 14.5. The first-order valence-corrected chi connectivity index (χ1v) is 8.14. The van der Waals surface area contributed by atoms with Crippen molar-refractivity contribution in [3.63, 3.8) is 0 Å². The van der Waals surface area contributed by atoms with Crippen molar-refractivity contribution in [2.45, 2.75) is 52.5 Å². The molecule has 2 rings (SSSR count). The summed E-state index contributed by atoms with van der Waals surface area (Å²) in [6, 6.07) is 9.80. The Hall–Kier alpha value is -1.02. The van der Waals surface area contributed by atoms with E-state index in [0.29, 0.717) is 12.0 Å². The predicted octanol–water partition coefficient (Wildman–Crippen LogP) is 4.02. The smallest absolute Gasteiger partial charge is 0.0366 e. The van der Waals surface area contributed by atoms with Gasteiger partial charge in [0.1, 0.15) is 0 Å². The molecule has 1 fully saturated rings. The van der Waals surface area contributed by atoms with Crippen LogP contribution < -0.4 is 10.2 Å². The Bertz CT molecular complexity index is 394. The molecule has 2 heteroatoms. The molecule has 2 nitrogen and oxygen atoms in total. The first kappa shape index (κ1) is 15.4. The van der Waals surface area contributed by atoms with Crippen LogP contribution in [0, 0.1) is 5.92 Å². The van der Waals surface area contributed by atoms with Gasteiger partial charge in [-0.15, -0.1) is 0 Å². The minimum absolute atomic E-state index is 0.614. The lowest BCUT2D eigenvalue weighted by atomic mass is 10.0. The van der Waals surface area contributed by atoms with Crippen molar-refractivity contribution in [3.05, 3.63) is 29.8 Å². The third-order valence-electron chi connectivity index (χ3n) is 4.16. The maximum Gasteiger partial charge on any atom is 0.0366 e. The van der Waals surface area contributed by atoms with E-state index in [1.165, 1.54) is 30.6 Å². The van der Waals surface area contributed by atoms with E-state index in [1.807, 2.05) is 0 Å². The number of nitrogens with one attached hydrogen (secondary N) is 1. The fraction of sp³-hybridized carbons (Fsp3) is 0.667. The lowest BCUT2D eigenvalue weighted by Crippen LogP contribution is -2.38. The second-order valence-corrected chi connectivity index (χ2v) is 6.83. The standard InChI is InChI=1S/C18H30N2/c1-14(2)12-17-13-20(11-5-10-19-17)18-8-6-16(7-9-18)15(3)4/h6-9,14-15,17,19H,5,10-13H2,1-4H3. The lowest BCUT2D eigenvalue weighted by molar-refractivity contribution is 0.436. The van der Waals surface area contributed by atoms with Crippen LogP contribution in [0.25, 0.3) is 0 Å². The Morgan fingerprint density at radius 2 is 1.85 bits per heavy atom. The van der Waals surface area contributed by atoms with E-state index in [2.05, 4.69) is 62.2 Å². The van der Waals surface area contributed by atoms with Gasteiger partial charge in [-0.3, -0.25) is 0 Å². The maximum absolute atomic E-state index is 3.70. The molecule has 1 aliphatic rings. The second kappa shape index (κ2) is 7.12. The summed E-state index contributed by atoms with van der Waals surface area (Å²) in [4.78, 5) is 2.55. The molecule has 1 atom stereocenters. The van der Waals surface area contributed by atoms with Crippen LogP contribution in [0.4, 0.5) is 5.69 Å². The highest BCUT2D eigenvalue weighted by atomic mass is 15.2. The van der Waals surface area contributed by atoms with Crippen LogP contribution in [0.15, 0.2) is 24.3 Å². The molecular weight excluding hydrogens is 244 g/mol. The molecule has 1 aromatic rings. The third kappa shape index (κ3) is 4.24. The van der Waals surface area contributed by atoms with Gasteiger partial charge >= 0.3 is 0 Å². The van der Waals surface area contributed by atoms with Crippen LogP contribution in [-0.4, -0.2) is 25.7 Å². The Morgan fingerprint density at radius 1 is 1.15 bits per heavy atom. The average molecular weight is 274 g/mol. The van der Waals surface area contributed by atoms with Crippen LogP contribution in [-0.2, 0) is 0 Å². The van der Waals surface area contributed by atoms with Gasteiger partial charge < -0.3 is 10.2 Å². The summed E-state index contributed by atoms with van der Waals surface area (Å²) in [5, 5.41) is 3.70. The summed E-state index contributed by atoms with van der Waals surface area (Å²) >= 11 is 0. The predicted molar refractivity (Wildman–Crippen MR) is 88.6 cm³/mol. The van der Waals surface area contributed by atoms with E-state index in [4.69, 9.17) is 0 Å². The van der Waals surface area contributed by atoms with Gasteiger partial charge in [0.15, 0.2) is 0 Å². The van der Waals surface area contributed by atoms with Crippen molar-refractivity contribution in [1.29, 1.82) is 0 Å². The van der Waals surface area contributed by atoms with Crippen LogP contribution in [0.2, 0.25) is 0 Å². The Labute approximate surface area is 124 Å². The second-order valence-electron chi connectivity index (χ2n) is 6.83. The largest absolute Gasteiger partial charge is 0.370 e. The quantitative estimate of drug-likeness (QED) is 0.892.